The Bertz CT molecular complexity index is 312. The van der Waals surface area contributed by atoms with Gasteiger partial charge < -0.3 is 4.74 Å². The van der Waals surface area contributed by atoms with Gasteiger partial charge in [0.25, 0.3) is 0 Å². The van der Waals surface area contributed by atoms with Crippen LogP contribution in [-0.2, 0) is 11.2 Å². The van der Waals surface area contributed by atoms with Crippen molar-refractivity contribution in [2.75, 3.05) is 13.7 Å². The second kappa shape index (κ2) is 5.47. The topological polar surface area (TPSA) is 22.1 Å². The summed E-state index contributed by atoms with van der Waals surface area (Å²) in [4.78, 5) is 4.50. The number of aryl methyl sites for hydroxylation is 3. The van der Waals surface area contributed by atoms with Crippen molar-refractivity contribution in [3.05, 3.63) is 27.5 Å². The summed E-state index contributed by atoms with van der Waals surface area (Å²) in [6.45, 7) is 4.92. The van der Waals surface area contributed by atoms with Gasteiger partial charge in [-0.25, -0.2) is 0 Å². The van der Waals surface area contributed by atoms with E-state index >= 15 is 0 Å². The molecule has 1 aromatic heterocycles. The molecule has 0 amide bonds. The van der Waals surface area contributed by atoms with Crippen LogP contribution in [0, 0.1) is 13.8 Å². The number of methoxy groups -OCH3 is 1. The molecule has 2 nitrogen and oxygen atoms in total. The van der Waals surface area contributed by atoms with E-state index in [1.54, 1.807) is 7.11 Å². The van der Waals surface area contributed by atoms with E-state index in [0.717, 1.165) is 35.3 Å². The third-order valence-electron chi connectivity index (χ3n) is 2.10. The molecule has 3 heteroatoms. The predicted molar refractivity (Wildman–Crippen MR) is 61.6 cm³/mol. The van der Waals surface area contributed by atoms with Crippen LogP contribution in [0.5, 0.6) is 0 Å². The van der Waals surface area contributed by atoms with E-state index in [9.17, 15) is 0 Å². The molecular formula is C11H16BrNO. The first-order chi connectivity index (χ1) is 6.65. The van der Waals surface area contributed by atoms with Crippen LogP contribution in [-0.4, -0.2) is 18.7 Å². The van der Waals surface area contributed by atoms with Gasteiger partial charge in [-0.3, -0.25) is 4.98 Å². The van der Waals surface area contributed by atoms with E-state index in [-0.39, 0.29) is 0 Å². The number of rotatable bonds is 4. The molecule has 78 valence electrons. The Balaban J connectivity index is 2.75. The highest BCUT2D eigenvalue weighted by Crippen LogP contribution is 2.21. The molecule has 1 heterocycles. The van der Waals surface area contributed by atoms with Gasteiger partial charge in [-0.05, 0) is 54.2 Å². The molecule has 0 aromatic carbocycles. The van der Waals surface area contributed by atoms with Crippen molar-refractivity contribution < 1.29 is 4.74 Å². The normalized spacial score (nSPS) is 10.6. The molecule has 0 aliphatic carbocycles. The second-order valence-electron chi connectivity index (χ2n) is 3.44. The van der Waals surface area contributed by atoms with E-state index < -0.39 is 0 Å². The molecule has 1 aromatic rings. The number of halogens is 1. The highest BCUT2D eigenvalue weighted by molar-refractivity contribution is 9.10. The lowest BCUT2D eigenvalue weighted by Crippen LogP contribution is -1.99. The fraction of sp³-hybridized carbons (Fsp3) is 0.545. The van der Waals surface area contributed by atoms with Gasteiger partial charge in [0.05, 0.1) is 5.69 Å². The van der Waals surface area contributed by atoms with Gasteiger partial charge in [0.1, 0.15) is 0 Å². The zero-order chi connectivity index (χ0) is 10.6. The van der Waals surface area contributed by atoms with Crippen molar-refractivity contribution in [2.45, 2.75) is 26.7 Å². The number of aromatic nitrogens is 1. The number of nitrogens with zero attached hydrogens (tertiary/aromatic N) is 1. The summed E-state index contributed by atoms with van der Waals surface area (Å²) >= 11 is 3.56. The summed E-state index contributed by atoms with van der Waals surface area (Å²) in [6.07, 6.45) is 1.99. The molecule has 0 N–H and O–H groups in total. The van der Waals surface area contributed by atoms with Gasteiger partial charge >= 0.3 is 0 Å². The molecule has 1 rings (SSSR count). The first kappa shape index (κ1) is 11.7. The largest absolute Gasteiger partial charge is 0.385 e. The van der Waals surface area contributed by atoms with Gasteiger partial charge in [0.15, 0.2) is 0 Å². The molecule has 0 fully saturated rings. The average Bonchev–Trinajstić information content (AvgIpc) is 2.13. The van der Waals surface area contributed by atoms with Crippen molar-refractivity contribution in [1.82, 2.24) is 4.98 Å². The van der Waals surface area contributed by atoms with Crippen molar-refractivity contribution in [3.63, 3.8) is 0 Å². The fourth-order valence-corrected chi connectivity index (χ4v) is 1.85. The summed E-state index contributed by atoms with van der Waals surface area (Å²) < 4.78 is 6.16. The van der Waals surface area contributed by atoms with Crippen molar-refractivity contribution in [1.29, 1.82) is 0 Å². The van der Waals surface area contributed by atoms with Gasteiger partial charge in [-0.2, -0.15) is 0 Å². The minimum absolute atomic E-state index is 0.793. The minimum atomic E-state index is 0.793. The summed E-state index contributed by atoms with van der Waals surface area (Å²) in [6, 6.07) is 2.09. The minimum Gasteiger partial charge on any atom is -0.385 e. The maximum absolute atomic E-state index is 5.02. The lowest BCUT2D eigenvalue weighted by Gasteiger charge is -2.07. The Morgan fingerprint density at radius 1 is 1.43 bits per heavy atom. The van der Waals surface area contributed by atoms with Crippen molar-refractivity contribution in [2.24, 2.45) is 0 Å². The molecule has 0 atom stereocenters. The fourth-order valence-electron chi connectivity index (χ4n) is 1.45. The Morgan fingerprint density at radius 2 is 2.14 bits per heavy atom. The molecule has 0 radical (unpaired) electrons. The average molecular weight is 258 g/mol. The summed E-state index contributed by atoms with van der Waals surface area (Å²) in [7, 11) is 1.73. The SMILES string of the molecule is COCCCc1nc(C)cc(C)c1Br. The van der Waals surface area contributed by atoms with Crippen LogP contribution in [0.1, 0.15) is 23.4 Å². The molecule has 0 saturated heterocycles. The van der Waals surface area contributed by atoms with Crippen LogP contribution in [0.3, 0.4) is 0 Å². The van der Waals surface area contributed by atoms with Crippen LogP contribution in [0.2, 0.25) is 0 Å². The summed E-state index contributed by atoms with van der Waals surface area (Å²) in [5.41, 5.74) is 3.47. The lowest BCUT2D eigenvalue weighted by molar-refractivity contribution is 0.195. The third-order valence-corrected chi connectivity index (χ3v) is 3.18. The monoisotopic (exact) mass is 257 g/mol. The predicted octanol–water partition coefficient (Wildman–Crippen LogP) is 3.04. The zero-order valence-corrected chi connectivity index (χ0v) is 10.5. The Morgan fingerprint density at radius 3 is 2.79 bits per heavy atom. The molecule has 0 unspecified atom stereocenters. The quantitative estimate of drug-likeness (QED) is 0.774. The van der Waals surface area contributed by atoms with Crippen LogP contribution >= 0.6 is 15.9 Å². The van der Waals surface area contributed by atoms with Gasteiger partial charge in [-0.1, -0.05) is 0 Å². The number of hydrogen-bond acceptors (Lipinski definition) is 2. The molecule has 0 saturated carbocycles. The van der Waals surface area contributed by atoms with E-state index in [2.05, 4.69) is 33.9 Å². The summed E-state index contributed by atoms with van der Waals surface area (Å²) in [5, 5.41) is 0. The standard InChI is InChI=1S/C11H16BrNO/c1-8-7-9(2)13-10(11(8)12)5-4-6-14-3/h7H,4-6H2,1-3H3. The number of ether oxygens (including phenoxy) is 1. The summed E-state index contributed by atoms with van der Waals surface area (Å²) in [5.74, 6) is 0. The maximum Gasteiger partial charge on any atom is 0.0552 e. The Hall–Kier alpha value is -0.410. The Labute approximate surface area is 93.8 Å². The van der Waals surface area contributed by atoms with Crippen LogP contribution in [0.4, 0.5) is 0 Å². The first-order valence-electron chi connectivity index (χ1n) is 4.76. The van der Waals surface area contributed by atoms with Crippen molar-refractivity contribution >= 4 is 15.9 Å². The van der Waals surface area contributed by atoms with Gasteiger partial charge in [0.2, 0.25) is 0 Å². The first-order valence-corrected chi connectivity index (χ1v) is 5.56. The third kappa shape index (κ3) is 3.07. The molecule has 0 spiro atoms. The van der Waals surface area contributed by atoms with E-state index in [4.69, 9.17) is 4.74 Å². The Kier molecular flexibility index (Phi) is 4.55. The zero-order valence-electron chi connectivity index (χ0n) is 8.93. The maximum atomic E-state index is 5.02. The van der Waals surface area contributed by atoms with Gasteiger partial charge in [0, 0.05) is 23.9 Å². The molecule has 0 aliphatic rings. The highest BCUT2D eigenvalue weighted by atomic mass is 79.9. The second-order valence-corrected chi connectivity index (χ2v) is 4.23. The molecule has 0 aliphatic heterocycles. The molecular weight excluding hydrogens is 242 g/mol. The molecule has 14 heavy (non-hydrogen) atoms. The van der Waals surface area contributed by atoms with Crippen LogP contribution in [0.25, 0.3) is 0 Å². The highest BCUT2D eigenvalue weighted by Gasteiger charge is 2.05. The lowest BCUT2D eigenvalue weighted by atomic mass is 10.1. The molecule has 0 bridgehead atoms. The van der Waals surface area contributed by atoms with Crippen LogP contribution < -0.4 is 0 Å². The van der Waals surface area contributed by atoms with E-state index in [1.165, 1.54) is 5.56 Å². The van der Waals surface area contributed by atoms with E-state index in [1.807, 2.05) is 6.92 Å². The van der Waals surface area contributed by atoms with Crippen molar-refractivity contribution in [3.8, 4) is 0 Å². The number of pyridine rings is 1. The van der Waals surface area contributed by atoms with E-state index in [0.29, 0.717) is 0 Å². The van der Waals surface area contributed by atoms with Gasteiger partial charge in [-0.15, -0.1) is 0 Å². The smallest absolute Gasteiger partial charge is 0.0552 e. The van der Waals surface area contributed by atoms with Crippen LogP contribution in [0.15, 0.2) is 10.5 Å². The number of hydrogen-bond donors (Lipinski definition) is 0.